The van der Waals surface area contributed by atoms with E-state index in [1.807, 2.05) is 50.2 Å². The van der Waals surface area contributed by atoms with E-state index in [0.29, 0.717) is 5.13 Å². The molecule has 0 saturated heterocycles. The predicted octanol–water partition coefficient (Wildman–Crippen LogP) is 4.92. The van der Waals surface area contributed by atoms with Gasteiger partial charge in [0.2, 0.25) is 5.91 Å². The number of anilines is 1. The van der Waals surface area contributed by atoms with Gasteiger partial charge in [-0.15, -0.1) is 0 Å². The maximum absolute atomic E-state index is 13.3. The minimum absolute atomic E-state index is 0.138. The first kappa shape index (κ1) is 21.2. The van der Waals surface area contributed by atoms with Gasteiger partial charge in [0.15, 0.2) is 15.0 Å². The molecule has 5 nitrogen and oxygen atoms in total. The van der Waals surface area contributed by atoms with E-state index in [1.165, 1.54) is 28.4 Å². The highest BCUT2D eigenvalue weighted by Gasteiger charge is 2.27. The number of thiazole rings is 1. The van der Waals surface area contributed by atoms with Crippen LogP contribution in [0.3, 0.4) is 0 Å². The van der Waals surface area contributed by atoms with Crippen molar-refractivity contribution in [2.45, 2.75) is 25.3 Å². The van der Waals surface area contributed by atoms with Crippen LogP contribution in [0, 0.1) is 13.8 Å². The van der Waals surface area contributed by atoms with Gasteiger partial charge in [-0.1, -0.05) is 65.9 Å². The zero-order valence-electron chi connectivity index (χ0n) is 17.3. The second kappa shape index (κ2) is 8.61. The molecule has 7 heteroatoms. The van der Waals surface area contributed by atoms with Crippen molar-refractivity contribution >= 4 is 42.4 Å². The lowest BCUT2D eigenvalue weighted by Crippen LogP contribution is -2.35. The Morgan fingerprint density at radius 3 is 2.29 bits per heavy atom. The van der Waals surface area contributed by atoms with E-state index in [0.717, 1.165) is 26.9 Å². The number of nitrogens with zero attached hydrogens (tertiary/aromatic N) is 2. The van der Waals surface area contributed by atoms with Crippen LogP contribution in [0.15, 0.2) is 77.7 Å². The third kappa shape index (κ3) is 4.68. The molecule has 0 aliphatic carbocycles. The van der Waals surface area contributed by atoms with E-state index in [1.54, 1.807) is 18.2 Å². The smallest absolute Gasteiger partial charge is 0.244 e. The summed E-state index contributed by atoms with van der Waals surface area (Å²) in [5.74, 6) is -1.11. The molecule has 0 fully saturated rings. The van der Waals surface area contributed by atoms with Crippen molar-refractivity contribution in [3.05, 3.63) is 89.5 Å². The van der Waals surface area contributed by atoms with Gasteiger partial charge in [-0.05, 0) is 48.7 Å². The topological polar surface area (TPSA) is 67.3 Å². The minimum Gasteiger partial charge on any atom is -0.283 e. The molecule has 0 radical (unpaired) electrons. The van der Waals surface area contributed by atoms with E-state index in [2.05, 4.69) is 6.07 Å². The number of fused-ring (bicyclic) bond motifs is 1. The Kier molecular flexibility index (Phi) is 5.89. The lowest BCUT2D eigenvalue weighted by atomic mass is 10.1. The fraction of sp³-hybridized carbons (Fsp3) is 0.167. The summed E-state index contributed by atoms with van der Waals surface area (Å²) < 4.78 is 26.7. The third-order valence-corrected chi connectivity index (χ3v) is 7.59. The van der Waals surface area contributed by atoms with Gasteiger partial charge < -0.3 is 0 Å². The van der Waals surface area contributed by atoms with Crippen molar-refractivity contribution < 1.29 is 13.2 Å². The first-order valence-corrected chi connectivity index (χ1v) is 12.3. The van der Waals surface area contributed by atoms with Crippen LogP contribution in [0.5, 0.6) is 0 Å². The number of hydrogen-bond donors (Lipinski definition) is 0. The molecule has 1 amide bonds. The summed E-state index contributed by atoms with van der Waals surface area (Å²) in [5.41, 5.74) is 3.89. The summed E-state index contributed by atoms with van der Waals surface area (Å²) in [7, 11) is -3.76. The zero-order valence-corrected chi connectivity index (χ0v) is 18.9. The van der Waals surface area contributed by atoms with E-state index < -0.39 is 21.5 Å². The summed E-state index contributed by atoms with van der Waals surface area (Å²) in [6.07, 6.45) is 0. The number of benzene rings is 3. The molecule has 4 rings (SSSR count). The first-order chi connectivity index (χ1) is 14.8. The average Bonchev–Trinajstić information content (AvgIpc) is 3.17. The van der Waals surface area contributed by atoms with Gasteiger partial charge in [-0.2, -0.15) is 0 Å². The van der Waals surface area contributed by atoms with Gasteiger partial charge in [-0.3, -0.25) is 9.69 Å². The quantitative estimate of drug-likeness (QED) is 0.418. The van der Waals surface area contributed by atoms with Gasteiger partial charge >= 0.3 is 0 Å². The molecule has 0 atom stereocenters. The van der Waals surface area contributed by atoms with Crippen LogP contribution in [-0.4, -0.2) is 25.1 Å². The van der Waals surface area contributed by atoms with Crippen molar-refractivity contribution in [3.8, 4) is 0 Å². The van der Waals surface area contributed by atoms with Gasteiger partial charge in [0, 0.05) is 0 Å². The normalized spacial score (nSPS) is 11.5. The van der Waals surface area contributed by atoms with Crippen molar-refractivity contribution in [1.29, 1.82) is 0 Å². The molecule has 1 aromatic heterocycles. The van der Waals surface area contributed by atoms with E-state index in [4.69, 9.17) is 4.98 Å². The second-order valence-electron chi connectivity index (χ2n) is 7.46. The zero-order chi connectivity index (χ0) is 22.0. The van der Waals surface area contributed by atoms with E-state index >= 15 is 0 Å². The van der Waals surface area contributed by atoms with E-state index in [9.17, 15) is 13.2 Å². The molecule has 0 saturated carbocycles. The number of carbonyl (C=O) groups excluding carboxylic acids is 1. The predicted molar refractivity (Wildman–Crippen MR) is 125 cm³/mol. The van der Waals surface area contributed by atoms with Gasteiger partial charge in [0.25, 0.3) is 0 Å². The maximum Gasteiger partial charge on any atom is 0.244 e. The molecule has 31 heavy (non-hydrogen) atoms. The van der Waals surface area contributed by atoms with Gasteiger partial charge in [0.1, 0.15) is 5.75 Å². The number of sulfone groups is 1. The molecule has 0 aliphatic heterocycles. The van der Waals surface area contributed by atoms with Crippen LogP contribution in [-0.2, 0) is 21.2 Å². The van der Waals surface area contributed by atoms with Crippen molar-refractivity contribution in [3.63, 3.8) is 0 Å². The Morgan fingerprint density at radius 1 is 0.968 bits per heavy atom. The number of carbonyl (C=O) groups is 1. The maximum atomic E-state index is 13.3. The molecule has 4 aromatic rings. The molecule has 0 unspecified atom stereocenters. The van der Waals surface area contributed by atoms with E-state index in [-0.39, 0.29) is 11.4 Å². The molecule has 0 spiro atoms. The van der Waals surface area contributed by atoms with Crippen LogP contribution in [0.2, 0.25) is 0 Å². The van der Waals surface area contributed by atoms with Crippen LogP contribution in [0.25, 0.3) is 10.2 Å². The first-order valence-electron chi connectivity index (χ1n) is 9.83. The number of aromatic nitrogens is 1. The summed E-state index contributed by atoms with van der Waals surface area (Å²) in [6, 6.07) is 21.7. The van der Waals surface area contributed by atoms with Gasteiger partial charge in [0.05, 0.1) is 21.7 Å². The monoisotopic (exact) mass is 450 g/mol. The fourth-order valence-corrected chi connectivity index (χ4v) is 5.83. The third-order valence-electron chi connectivity index (χ3n) is 4.95. The number of rotatable bonds is 6. The largest absolute Gasteiger partial charge is 0.283 e. The lowest BCUT2D eigenvalue weighted by molar-refractivity contribution is -0.116. The summed E-state index contributed by atoms with van der Waals surface area (Å²) >= 11 is 1.40. The molecule has 0 N–H and O–H groups in total. The van der Waals surface area contributed by atoms with Crippen LogP contribution < -0.4 is 4.90 Å². The molecular weight excluding hydrogens is 428 g/mol. The summed E-state index contributed by atoms with van der Waals surface area (Å²) in [4.78, 5) is 19.6. The Bertz CT molecular complexity index is 1330. The second-order valence-corrected chi connectivity index (χ2v) is 10.5. The molecule has 158 valence electrons. The number of amides is 1. The summed E-state index contributed by atoms with van der Waals surface area (Å²) in [5, 5.41) is 0.501. The fourth-order valence-electron chi connectivity index (χ4n) is 3.45. The molecular formula is C24H22N2O3S2. The van der Waals surface area contributed by atoms with Crippen molar-refractivity contribution in [2.24, 2.45) is 0 Å². The molecule has 1 heterocycles. The molecule has 0 bridgehead atoms. The van der Waals surface area contributed by atoms with Crippen molar-refractivity contribution in [1.82, 2.24) is 4.98 Å². The molecule has 0 aliphatic rings. The van der Waals surface area contributed by atoms with Crippen LogP contribution in [0.1, 0.15) is 16.7 Å². The standard InChI is InChI=1S/C24H22N2O3S2/c1-17-13-18(2)23-21(14-17)30-24(25-23)26(15-19-9-5-3-6-10-19)22(27)16-31(28,29)20-11-7-4-8-12-20/h3-14H,15-16H2,1-2H3. The van der Waals surface area contributed by atoms with Crippen molar-refractivity contribution in [2.75, 3.05) is 10.7 Å². The average molecular weight is 451 g/mol. The van der Waals surface area contributed by atoms with Crippen LogP contribution >= 0.6 is 11.3 Å². The lowest BCUT2D eigenvalue weighted by Gasteiger charge is -2.20. The number of aryl methyl sites for hydroxylation is 2. The summed E-state index contributed by atoms with van der Waals surface area (Å²) in [6.45, 7) is 4.26. The van der Waals surface area contributed by atoms with Crippen LogP contribution in [0.4, 0.5) is 5.13 Å². The highest BCUT2D eigenvalue weighted by atomic mass is 32.2. The Labute approximate surface area is 185 Å². The Hall–Kier alpha value is -3.03. The number of hydrogen-bond acceptors (Lipinski definition) is 5. The SMILES string of the molecule is Cc1cc(C)c2nc(N(Cc3ccccc3)C(=O)CS(=O)(=O)c3ccccc3)sc2c1. The highest BCUT2D eigenvalue weighted by Crippen LogP contribution is 2.32. The Morgan fingerprint density at radius 2 is 1.61 bits per heavy atom. The minimum atomic E-state index is -3.76. The van der Waals surface area contributed by atoms with Gasteiger partial charge in [-0.25, -0.2) is 13.4 Å². The highest BCUT2D eigenvalue weighted by molar-refractivity contribution is 7.92. The molecule has 3 aromatic carbocycles. The Balaban J connectivity index is 1.72.